The van der Waals surface area contributed by atoms with Crippen molar-refractivity contribution in [3.8, 4) is 5.75 Å². The molecule has 0 fully saturated rings. The van der Waals surface area contributed by atoms with Crippen LogP contribution in [0, 0.1) is 6.92 Å². The van der Waals surface area contributed by atoms with Crippen molar-refractivity contribution in [2.24, 2.45) is 5.73 Å². The van der Waals surface area contributed by atoms with Gasteiger partial charge in [0.2, 0.25) is 0 Å². The summed E-state index contributed by atoms with van der Waals surface area (Å²) in [5.41, 5.74) is 8.08. The third-order valence-corrected chi connectivity index (χ3v) is 2.78. The zero-order valence-electron chi connectivity index (χ0n) is 11.7. The van der Waals surface area contributed by atoms with E-state index < -0.39 is 0 Å². The molecule has 0 saturated carbocycles. The average Bonchev–Trinajstić information content (AvgIpc) is 2.76. The number of nitrogens with two attached hydrogens (primary N) is 1. The maximum absolute atomic E-state index is 5.59. The Balaban J connectivity index is 0.000000371. The highest BCUT2D eigenvalue weighted by molar-refractivity contribution is 6.64. The molecule has 0 unspecified atom stereocenters. The van der Waals surface area contributed by atoms with Gasteiger partial charge in [0, 0.05) is 5.46 Å². The van der Waals surface area contributed by atoms with E-state index >= 15 is 0 Å². The third kappa shape index (κ3) is 2.86. The fourth-order valence-corrected chi connectivity index (χ4v) is 2.01. The quantitative estimate of drug-likeness (QED) is 0.704. The Bertz CT molecular complexity index is 385. The van der Waals surface area contributed by atoms with Crippen LogP contribution in [0.25, 0.3) is 0 Å². The molecule has 2 heterocycles. The minimum absolute atomic E-state index is 0.206. The van der Waals surface area contributed by atoms with E-state index in [2.05, 4.69) is 18.7 Å². The van der Waals surface area contributed by atoms with E-state index in [0.29, 0.717) is 19.8 Å². The molecule has 0 atom stereocenters. The van der Waals surface area contributed by atoms with Gasteiger partial charge in [0.25, 0.3) is 0 Å². The molecule has 1 aromatic rings. The van der Waals surface area contributed by atoms with E-state index in [4.69, 9.17) is 14.0 Å². The Morgan fingerprint density at radius 2 is 1.83 bits per heavy atom. The van der Waals surface area contributed by atoms with Crippen LogP contribution in [0.2, 0.25) is 0 Å². The summed E-state index contributed by atoms with van der Waals surface area (Å²) in [7, 11) is 1.29. The van der Waals surface area contributed by atoms with Gasteiger partial charge in [0.05, 0.1) is 13.2 Å². The maximum Gasteiger partial charge on any atom is 0.498 e. The highest BCUT2D eigenvalue weighted by Crippen LogP contribution is 2.24. The normalized spacial score (nSPS) is 15.3. The van der Waals surface area contributed by atoms with Crippen LogP contribution >= 0.6 is 0 Å². The zero-order chi connectivity index (χ0) is 13.5. The second kappa shape index (κ2) is 7.41. The fourth-order valence-electron chi connectivity index (χ4n) is 2.01. The lowest BCUT2D eigenvalue weighted by Crippen LogP contribution is -2.31. The Kier molecular flexibility index (Phi) is 6.19. The van der Waals surface area contributed by atoms with Gasteiger partial charge >= 0.3 is 7.12 Å². The van der Waals surface area contributed by atoms with Crippen LogP contribution in [0.5, 0.6) is 5.75 Å². The largest absolute Gasteiger partial charge is 0.498 e. The van der Waals surface area contributed by atoms with Crippen LogP contribution in [0.1, 0.15) is 25.0 Å². The van der Waals surface area contributed by atoms with Gasteiger partial charge < -0.3 is 19.8 Å². The number of rotatable bonds is 0. The van der Waals surface area contributed by atoms with Crippen molar-refractivity contribution in [1.82, 2.24) is 0 Å². The highest BCUT2D eigenvalue weighted by atomic mass is 16.6. The molecule has 100 valence electrons. The number of ether oxygens (including phenoxy) is 1. The van der Waals surface area contributed by atoms with Crippen LogP contribution in [0.3, 0.4) is 0 Å². The maximum atomic E-state index is 5.59. The topological polar surface area (TPSA) is 53.7 Å². The minimum atomic E-state index is -0.206. The first-order chi connectivity index (χ1) is 8.86. The van der Waals surface area contributed by atoms with E-state index in [0.717, 1.165) is 11.2 Å². The fraction of sp³-hybridized carbons (Fsp3) is 0.538. The zero-order valence-corrected chi connectivity index (χ0v) is 11.7. The molecule has 0 radical (unpaired) electrons. The van der Waals surface area contributed by atoms with Gasteiger partial charge in [-0.05, 0) is 31.2 Å². The van der Waals surface area contributed by atoms with Crippen molar-refractivity contribution in [2.75, 3.05) is 20.3 Å². The summed E-state index contributed by atoms with van der Waals surface area (Å²) in [6.45, 7) is 7.93. The summed E-state index contributed by atoms with van der Waals surface area (Å²) in [5, 5.41) is 0. The van der Waals surface area contributed by atoms with E-state index in [1.165, 1.54) is 18.2 Å². The van der Waals surface area contributed by atoms with Crippen LogP contribution in [0.15, 0.2) is 12.1 Å². The number of aryl methyl sites for hydroxylation is 1. The molecule has 0 spiro atoms. The molecule has 0 aromatic heterocycles. The van der Waals surface area contributed by atoms with Gasteiger partial charge in [-0.25, -0.2) is 0 Å². The number of hydrogen-bond donors (Lipinski definition) is 1. The van der Waals surface area contributed by atoms with Gasteiger partial charge in [-0.15, -0.1) is 0 Å². The van der Waals surface area contributed by atoms with E-state index in [1.54, 1.807) is 0 Å². The first-order valence-corrected chi connectivity index (χ1v) is 6.42. The molecule has 0 bridgehead atoms. The van der Waals surface area contributed by atoms with E-state index in [1.807, 2.05) is 19.9 Å². The molecule has 2 N–H and O–H groups in total. The third-order valence-electron chi connectivity index (χ3n) is 2.78. The summed E-state index contributed by atoms with van der Waals surface area (Å²) in [5.74, 6) is 0.922. The lowest BCUT2D eigenvalue weighted by molar-refractivity contribution is 0.179. The van der Waals surface area contributed by atoms with Gasteiger partial charge in [-0.1, -0.05) is 19.9 Å². The van der Waals surface area contributed by atoms with Crippen molar-refractivity contribution < 1.29 is 14.0 Å². The predicted molar refractivity (Wildman–Crippen MR) is 74.3 cm³/mol. The lowest BCUT2D eigenvalue weighted by Gasteiger charge is -2.08. The van der Waals surface area contributed by atoms with Crippen molar-refractivity contribution >= 4 is 12.6 Å². The molecular weight excluding hydrogens is 229 g/mol. The smallest absolute Gasteiger partial charge is 0.492 e. The van der Waals surface area contributed by atoms with Gasteiger partial charge in [0.1, 0.15) is 12.4 Å². The molecule has 0 saturated heterocycles. The van der Waals surface area contributed by atoms with Gasteiger partial charge in [-0.3, -0.25) is 0 Å². The SMILES string of the molecule is CC.CN.Cc1ccc2c3c1COB3OCCO2. The van der Waals surface area contributed by atoms with Crippen LogP contribution in [-0.4, -0.2) is 27.4 Å². The Labute approximate surface area is 110 Å². The Hall–Kier alpha value is -1.04. The first kappa shape index (κ1) is 15.0. The number of hydrogen-bond acceptors (Lipinski definition) is 4. The Morgan fingerprint density at radius 1 is 1.11 bits per heavy atom. The standard InChI is InChI=1S/C10H11BO3.C2H6.CH5N/c1-7-2-3-9-10-8(7)6-14-11(10)13-5-4-12-9;2*1-2/h2-3H,4-6H2,1H3;1-2H3;2H2,1H3. The van der Waals surface area contributed by atoms with Crippen molar-refractivity contribution in [2.45, 2.75) is 27.4 Å². The predicted octanol–water partition coefficient (Wildman–Crippen LogP) is 1.23. The average molecular weight is 251 g/mol. The Morgan fingerprint density at radius 3 is 2.56 bits per heavy atom. The van der Waals surface area contributed by atoms with Crippen molar-refractivity contribution in [3.05, 3.63) is 23.3 Å². The van der Waals surface area contributed by atoms with Crippen LogP contribution in [0.4, 0.5) is 0 Å². The second-order valence-electron chi connectivity index (χ2n) is 3.64. The van der Waals surface area contributed by atoms with Crippen LogP contribution < -0.4 is 15.9 Å². The van der Waals surface area contributed by atoms with Crippen LogP contribution in [-0.2, 0) is 15.9 Å². The summed E-state index contributed by atoms with van der Waals surface area (Å²) < 4.78 is 16.7. The molecule has 4 nitrogen and oxygen atoms in total. The molecule has 18 heavy (non-hydrogen) atoms. The summed E-state index contributed by atoms with van der Waals surface area (Å²) in [4.78, 5) is 0. The number of benzene rings is 1. The van der Waals surface area contributed by atoms with Crippen molar-refractivity contribution in [1.29, 1.82) is 0 Å². The van der Waals surface area contributed by atoms with E-state index in [9.17, 15) is 0 Å². The van der Waals surface area contributed by atoms with Crippen molar-refractivity contribution in [3.63, 3.8) is 0 Å². The molecule has 3 rings (SSSR count). The first-order valence-electron chi connectivity index (χ1n) is 6.42. The molecule has 0 aliphatic carbocycles. The van der Waals surface area contributed by atoms with E-state index in [-0.39, 0.29) is 7.12 Å². The molecule has 5 heteroatoms. The van der Waals surface area contributed by atoms with Gasteiger partial charge in [0.15, 0.2) is 0 Å². The second-order valence-corrected chi connectivity index (χ2v) is 3.64. The monoisotopic (exact) mass is 251 g/mol. The summed E-state index contributed by atoms with van der Waals surface area (Å²) >= 11 is 0. The summed E-state index contributed by atoms with van der Waals surface area (Å²) in [6.07, 6.45) is 0. The summed E-state index contributed by atoms with van der Waals surface area (Å²) in [6, 6.07) is 4.08. The molecule has 1 aromatic carbocycles. The highest BCUT2D eigenvalue weighted by Gasteiger charge is 2.36. The minimum Gasteiger partial charge on any atom is -0.492 e. The lowest BCUT2D eigenvalue weighted by atomic mass is 9.77. The molecule has 2 aliphatic rings. The molecular formula is C13H22BNO3. The molecule has 0 amide bonds. The molecule has 2 aliphatic heterocycles. The van der Waals surface area contributed by atoms with Gasteiger partial charge in [-0.2, -0.15) is 0 Å².